The Hall–Kier alpha value is -2.69. The number of methoxy groups -OCH3 is 2. The van der Waals surface area contributed by atoms with Crippen molar-refractivity contribution in [2.75, 3.05) is 20.8 Å². The molecule has 0 unspecified atom stereocenters. The topological polar surface area (TPSA) is 59.6 Å². The fraction of sp³-hybridized carbons (Fsp3) is 0.316. The quantitative estimate of drug-likeness (QED) is 0.821. The van der Waals surface area contributed by atoms with Crippen molar-refractivity contribution in [3.63, 3.8) is 0 Å². The summed E-state index contributed by atoms with van der Waals surface area (Å²) in [5.74, 6) is 1.32. The number of urea groups is 1. The van der Waals surface area contributed by atoms with Crippen LogP contribution in [0.25, 0.3) is 0 Å². The normalized spacial score (nSPS) is 10.1. The molecule has 0 radical (unpaired) electrons. The molecule has 0 spiro atoms. The second-order valence-electron chi connectivity index (χ2n) is 5.48. The van der Waals surface area contributed by atoms with Crippen molar-refractivity contribution in [3.8, 4) is 11.5 Å². The van der Waals surface area contributed by atoms with Gasteiger partial charge < -0.3 is 20.1 Å². The van der Waals surface area contributed by atoms with Crippen LogP contribution in [0.3, 0.4) is 0 Å². The summed E-state index contributed by atoms with van der Waals surface area (Å²) in [5, 5.41) is 5.72. The number of aryl methyl sites for hydroxylation is 1. The van der Waals surface area contributed by atoms with Crippen molar-refractivity contribution in [1.82, 2.24) is 10.6 Å². The lowest BCUT2D eigenvalue weighted by molar-refractivity contribution is 0.240. The summed E-state index contributed by atoms with van der Waals surface area (Å²) in [6, 6.07) is 13.6. The summed E-state index contributed by atoms with van der Waals surface area (Å²) in [6.45, 7) is 3.10. The van der Waals surface area contributed by atoms with Crippen LogP contribution in [0, 0.1) is 6.92 Å². The highest BCUT2D eigenvalue weighted by Gasteiger charge is 2.06. The monoisotopic (exact) mass is 328 g/mol. The van der Waals surface area contributed by atoms with Gasteiger partial charge in [-0.25, -0.2) is 4.79 Å². The van der Waals surface area contributed by atoms with E-state index in [0.717, 1.165) is 12.0 Å². The maximum Gasteiger partial charge on any atom is 0.315 e. The summed E-state index contributed by atoms with van der Waals surface area (Å²) in [4.78, 5) is 11.9. The van der Waals surface area contributed by atoms with Crippen molar-refractivity contribution in [2.45, 2.75) is 19.9 Å². The first kappa shape index (κ1) is 17.7. The molecular weight excluding hydrogens is 304 g/mol. The smallest absolute Gasteiger partial charge is 0.315 e. The Morgan fingerprint density at radius 1 is 1.00 bits per heavy atom. The average Bonchev–Trinajstić information content (AvgIpc) is 2.61. The molecular formula is C19H24N2O3. The Balaban J connectivity index is 1.78. The Morgan fingerprint density at radius 2 is 1.75 bits per heavy atom. The minimum Gasteiger partial charge on any atom is -0.493 e. The van der Waals surface area contributed by atoms with Crippen LogP contribution in [0.5, 0.6) is 11.5 Å². The van der Waals surface area contributed by atoms with Gasteiger partial charge in [-0.3, -0.25) is 0 Å². The molecule has 0 atom stereocenters. The highest BCUT2D eigenvalue weighted by molar-refractivity contribution is 5.73. The Bertz CT molecular complexity index is 686. The molecule has 0 saturated carbocycles. The van der Waals surface area contributed by atoms with E-state index >= 15 is 0 Å². The fourth-order valence-corrected chi connectivity index (χ4v) is 2.44. The first-order valence-electron chi connectivity index (χ1n) is 7.91. The predicted molar refractivity (Wildman–Crippen MR) is 94.7 cm³/mol. The molecule has 2 amide bonds. The van der Waals surface area contributed by atoms with Gasteiger partial charge in [0.25, 0.3) is 0 Å². The van der Waals surface area contributed by atoms with E-state index in [9.17, 15) is 4.79 Å². The lowest BCUT2D eigenvalue weighted by Gasteiger charge is -2.11. The molecule has 2 rings (SSSR count). The lowest BCUT2D eigenvalue weighted by atomic mass is 10.1. The largest absolute Gasteiger partial charge is 0.493 e. The lowest BCUT2D eigenvalue weighted by Crippen LogP contribution is -2.36. The van der Waals surface area contributed by atoms with Crippen LogP contribution in [0.1, 0.15) is 16.7 Å². The standard InChI is InChI=1S/C19H24N2O3/c1-14-6-4-5-7-16(14)10-11-20-19(22)21-13-15-8-9-17(23-2)18(12-15)24-3/h4-9,12H,10-11,13H2,1-3H3,(H2,20,21,22). The van der Waals surface area contributed by atoms with Gasteiger partial charge in [0.2, 0.25) is 0 Å². The van der Waals surface area contributed by atoms with E-state index in [4.69, 9.17) is 9.47 Å². The molecule has 0 aromatic heterocycles. The number of carbonyl (C=O) groups is 1. The first-order chi connectivity index (χ1) is 11.6. The summed E-state index contributed by atoms with van der Waals surface area (Å²) < 4.78 is 10.5. The number of ether oxygens (including phenoxy) is 2. The number of amides is 2. The zero-order chi connectivity index (χ0) is 17.4. The van der Waals surface area contributed by atoms with Gasteiger partial charge in [0.05, 0.1) is 14.2 Å². The van der Waals surface area contributed by atoms with Crippen molar-refractivity contribution in [2.24, 2.45) is 0 Å². The van der Waals surface area contributed by atoms with Gasteiger partial charge in [-0.05, 0) is 42.2 Å². The van der Waals surface area contributed by atoms with E-state index in [0.29, 0.717) is 24.6 Å². The fourth-order valence-electron chi connectivity index (χ4n) is 2.44. The van der Waals surface area contributed by atoms with Crippen LogP contribution in [0.2, 0.25) is 0 Å². The van der Waals surface area contributed by atoms with E-state index in [1.807, 2.05) is 30.3 Å². The van der Waals surface area contributed by atoms with Crippen LogP contribution in [0.4, 0.5) is 4.79 Å². The van der Waals surface area contributed by atoms with Gasteiger partial charge in [-0.1, -0.05) is 30.3 Å². The maximum atomic E-state index is 11.9. The zero-order valence-corrected chi connectivity index (χ0v) is 14.4. The van der Waals surface area contributed by atoms with Crippen molar-refractivity contribution >= 4 is 6.03 Å². The Morgan fingerprint density at radius 3 is 2.46 bits per heavy atom. The van der Waals surface area contributed by atoms with Crippen LogP contribution in [-0.2, 0) is 13.0 Å². The molecule has 0 heterocycles. The summed E-state index contributed by atoms with van der Waals surface area (Å²) in [6.07, 6.45) is 0.816. The first-order valence-corrected chi connectivity index (χ1v) is 7.91. The predicted octanol–water partition coefficient (Wildman–Crippen LogP) is 3.05. The molecule has 0 aliphatic rings. The van der Waals surface area contributed by atoms with Gasteiger partial charge in [-0.15, -0.1) is 0 Å². The third-order valence-electron chi connectivity index (χ3n) is 3.84. The molecule has 0 saturated heterocycles. The SMILES string of the molecule is COc1ccc(CNC(=O)NCCc2ccccc2C)cc1OC. The summed E-state index contributed by atoms with van der Waals surface area (Å²) in [7, 11) is 3.19. The van der Waals surface area contributed by atoms with Crippen molar-refractivity contribution < 1.29 is 14.3 Å². The number of benzene rings is 2. The van der Waals surface area contributed by atoms with E-state index < -0.39 is 0 Å². The Kier molecular flexibility index (Phi) is 6.49. The molecule has 2 aromatic carbocycles. The van der Waals surface area contributed by atoms with Crippen LogP contribution >= 0.6 is 0 Å². The minimum absolute atomic E-state index is 0.182. The van der Waals surface area contributed by atoms with Gasteiger partial charge in [-0.2, -0.15) is 0 Å². The van der Waals surface area contributed by atoms with E-state index in [1.54, 1.807) is 14.2 Å². The number of hydrogen-bond donors (Lipinski definition) is 2. The average molecular weight is 328 g/mol. The van der Waals surface area contributed by atoms with Gasteiger partial charge in [0, 0.05) is 13.1 Å². The molecule has 0 aliphatic carbocycles. The van der Waals surface area contributed by atoms with E-state index in [2.05, 4.69) is 29.7 Å². The molecule has 2 aromatic rings. The maximum absolute atomic E-state index is 11.9. The van der Waals surface area contributed by atoms with Crippen molar-refractivity contribution in [1.29, 1.82) is 0 Å². The van der Waals surface area contributed by atoms with Gasteiger partial charge in [0.15, 0.2) is 11.5 Å². The minimum atomic E-state index is -0.182. The third kappa shape index (κ3) is 4.91. The number of nitrogens with one attached hydrogen (secondary N) is 2. The van der Waals surface area contributed by atoms with Crippen LogP contribution in [0.15, 0.2) is 42.5 Å². The van der Waals surface area contributed by atoms with Crippen molar-refractivity contribution in [3.05, 3.63) is 59.2 Å². The van der Waals surface area contributed by atoms with Gasteiger partial charge in [0.1, 0.15) is 0 Å². The molecule has 24 heavy (non-hydrogen) atoms. The molecule has 128 valence electrons. The highest BCUT2D eigenvalue weighted by atomic mass is 16.5. The number of rotatable bonds is 7. The number of hydrogen-bond acceptors (Lipinski definition) is 3. The molecule has 0 fully saturated rings. The summed E-state index contributed by atoms with van der Waals surface area (Å²) in [5.41, 5.74) is 3.43. The van der Waals surface area contributed by atoms with E-state index in [-0.39, 0.29) is 6.03 Å². The Labute approximate surface area is 143 Å². The molecule has 5 nitrogen and oxygen atoms in total. The zero-order valence-electron chi connectivity index (χ0n) is 14.4. The third-order valence-corrected chi connectivity index (χ3v) is 3.84. The highest BCUT2D eigenvalue weighted by Crippen LogP contribution is 2.27. The molecule has 0 aliphatic heterocycles. The molecule has 5 heteroatoms. The molecule has 0 bridgehead atoms. The van der Waals surface area contributed by atoms with Crippen LogP contribution < -0.4 is 20.1 Å². The number of carbonyl (C=O) groups excluding carboxylic acids is 1. The molecule has 2 N–H and O–H groups in total. The van der Waals surface area contributed by atoms with E-state index in [1.165, 1.54) is 11.1 Å². The van der Waals surface area contributed by atoms with Gasteiger partial charge >= 0.3 is 6.03 Å². The second kappa shape index (κ2) is 8.82. The van der Waals surface area contributed by atoms with Crippen LogP contribution in [-0.4, -0.2) is 26.8 Å². The second-order valence-corrected chi connectivity index (χ2v) is 5.48. The summed E-state index contributed by atoms with van der Waals surface area (Å²) >= 11 is 0.